The van der Waals surface area contributed by atoms with Crippen LogP contribution in [0.5, 0.6) is 0 Å². The Morgan fingerprint density at radius 1 is 1.35 bits per heavy atom. The molecule has 106 valence electrons. The Hall–Kier alpha value is -1.41. The molecule has 5 nitrogen and oxygen atoms in total. The van der Waals surface area contributed by atoms with Gasteiger partial charge in [-0.2, -0.15) is 0 Å². The van der Waals surface area contributed by atoms with Gasteiger partial charge in [0.1, 0.15) is 11.4 Å². The van der Waals surface area contributed by atoms with E-state index in [1.165, 1.54) is 16.3 Å². The molecule has 1 aromatic carbocycles. The number of aromatic nitrogens is 2. The minimum atomic E-state index is -0.325. The van der Waals surface area contributed by atoms with Crippen LogP contribution in [0.15, 0.2) is 51.1 Å². The van der Waals surface area contributed by atoms with Gasteiger partial charge in [0.15, 0.2) is 0 Å². The summed E-state index contributed by atoms with van der Waals surface area (Å²) in [5.74, 6) is 0. The highest BCUT2D eigenvalue weighted by molar-refractivity contribution is 7.99. The van der Waals surface area contributed by atoms with Crippen LogP contribution in [0.25, 0.3) is 0 Å². The molecule has 0 aliphatic heterocycles. The molecule has 0 aliphatic rings. The lowest BCUT2D eigenvalue weighted by Crippen LogP contribution is -2.26. The molecule has 0 amide bonds. The van der Waals surface area contributed by atoms with Crippen LogP contribution >= 0.6 is 24.0 Å². The Labute approximate surface area is 125 Å². The molecule has 7 heteroatoms. The molecule has 0 spiro atoms. The van der Waals surface area contributed by atoms with Crippen molar-refractivity contribution in [3.05, 3.63) is 51.5 Å². The average molecular weight is 310 g/mol. The number of hydrogen-bond acceptors (Lipinski definition) is 5. The first-order chi connectivity index (χ1) is 9.70. The maximum atomic E-state index is 11.9. The van der Waals surface area contributed by atoms with Gasteiger partial charge in [0, 0.05) is 11.0 Å². The first-order valence-corrected chi connectivity index (χ1v) is 7.19. The Kier molecular flexibility index (Phi) is 5.54. The molecule has 2 rings (SSSR count). The van der Waals surface area contributed by atoms with E-state index < -0.39 is 0 Å². The normalized spacial score (nSPS) is 10.7. The van der Waals surface area contributed by atoms with Crippen LogP contribution in [0.2, 0.25) is 0 Å². The first kappa shape index (κ1) is 15.0. The fourth-order valence-corrected chi connectivity index (χ4v) is 2.77. The average Bonchev–Trinajstić information content (AvgIpc) is 2.43. The zero-order valence-corrected chi connectivity index (χ0v) is 12.2. The van der Waals surface area contributed by atoms with Gasteiger partial charge in [0.25, 0.3) is 0 Å². The minimum Gasteiger partial charge on any atom is -0.394 e. The summed E-state index contributed by atoms with van der Waals surface area (Å²) in [4.78, 5) is 15.5. The number of nitrogens with one attached hydrogen (secondary N) is 1. The molecule has 0 saturated heterocycles. The van der Waals surface area contributed by atoms with Crippen LogP contribution in [0.3, 0.4) is 0 Å². The third kappa shape index (κ3) is 4.04. The predicted molar refractivity (Wildman–Crippen MR) is 79.5 cm³/mol. The molecular formula is C13H14N2O3S2. The maximum absolute atomic E-state index is 11.9. The summed E-state index contributed by atoms with van der Waals surface area (Å²) in [5.41, 5.74) is -0.325. The number of nitrogens with zero attached hydrogens (tertiary/aromatic N) is 1. The minimum absolute atomic E-state index is 0.0701. The van der Waals surface area contributed by atoms with Crippen molar-refractivity contribution in [3.8, 4) is 0 Å². The van der Waals surface area contributed by atoms with E-state index in [2.05, 4.69) is 4.98 Å². The number of rotatable bonds is 6. The van der Waals surface area contributed by atoms with E-state index in [0.29, 0.717) is 9.67 Å². The predicted octanol–water partition coefficient (Wildman–Crippen LogP) is 2.02. The van der Waals surface area contributed by atoms with Gasteiger partial charge < -0.3 is 9.84 Å². The van der Waals surface area contributed by atoms with Gasteiger partial charge in [-0.25, -0.2) is 4.79 Å². The lowest BCUT2D eigenvalue weighted by molar-refractivity contribution is 0.0414. The highest BCUT2D eigenvalue weighted by Crippen LogP contribution is 2.26. The van der Waals surface area contributed by atoms with E-state index in [1.54, 1.807) is 6.07 Å². The summed E-state index contributed by atoms with van der Waals surface area (Å²) in [6, 6.07) is 11.4. The van der Waals surface area contributed by atoms with E-state index >= 15 is 0 Å². The zero-order valence-electron chi connectivity index (χ0n) is 10.6. The summed E-state index contributed by atoms with van der Waals surface area (Å²) in [6.45, 7) is 0.164. The summed E-state index contributed by atoms with van der Waals surface area (Å²) < 4.78 is 7.04. The van der Waals surface area contributed by atoms with Crippen molar-refractivity contribution in [1.82, 2.24) is 9.55 Å². The maximum Gasteiger partial charge on any atom is 0.329 e. The molecule has 0 unspecified atom stereocenters. The standard InChI is InChI=1S/C13H14N2O3S2/c16-6-7-18-9-15-12(8-11(19)14-13(15)17)20-10-4-2-1-3-5-10/h1-5,8,16H,6-7,9H2,(H,14,17,19). The number of ether oxygens (including phenoxy) is 1. The number of aromatic amines is 1. The van der Waals surface area contributed by atoms with Gasteiger partial charge in [0.05, 0.1) is 18.2 Å². The van der Waals surface area contributed by atoms with Gasteiger partial charge in [-0.15, -0.1) is 0 Å². The van der Waals surface area contributed by atoms with E-state index in [0.717, 1.165) is 4.90 Å². The van der Waals surface area contributed by atoms with Gasteiger partial charge in [-0.1, -0.05) is 42.2 Å². The molecular weight excluding hydrogens is 296 g/mol. The molecule has 0 fully saturated rings. The zero-order chi connectivity index (χ0) is 14.4. The van der Waals surface area contributed by atoms with Gasteiger partial charge in [-0.05, 0) is 12.1 Å². The van der Waals surface area contributed by atoms with E-state index in [4.69, 9.17) is 22.1 Å². The van der Waals surface area contributed by atoms with Crippen LogP contribution in [0, 0.1) is 4.64 Å². The molecule has 0 radical (unpaired) electrons. The molecule has 1 heterocycles. The summed E-state index contributed by atoms with van der Waals surface area (Å²) in [6.07, 6.45) is 0. The summed E-state index contributed by atoms with van der Waals surface area (Å²) >= 11 is 6.47. The molecule has 2 N–H and O–H groups in total. The lowest BCUT2D eigenvalue weighted by atomic mass is 10.4. The van der Waals surface area contributed by atoms with Gasteiger partial charge in [-0.3, -0.25) is 9.55 Å². The smallest absolute Gasteiger partial charge is 0.329 e. The fourth-order valence-electron chi connectivity index (χ4n) is 1.54. The van der Waals surface area contributed by atoms with Crippen molar-refractivity contribution in [2.24, 2.45) is 0 Å². The highest BCUT2D eigenvalue weighted by Gasteiger charge is 2.07. The van der Waals surface area contributed by atoms with Gasteiger partial charge in [0.2, 0.25) is 0 Å². The van der Waals surface area contributed by atoms with Crippen LogP contribution in [0.1, 0.15) is 0 Å². The van der Waals surface area contributed by atoms with Gasteiger partial charge >= 0.3 is 5.69 Å². The lowest BCUT2D eigenvalue weighted by Gasteiger charge is -2.11. The number of H-pyrrole nitrogens is 1. The van der Waals surface area contributed by atoms with Crippen molar-refractivity contribution in [3.63, 3.8) is 0 Å². The van der Waals surface area contributed by atoms with Crippen molar-refractivity contribution in [2.75, 3.05) is 13.2 Å². The Morgan fingerprint density at radius 2 is 2.10 bits per heavy atom. The molecule has 20 heavy (non-hydrogen) atoms. The second-order valence-corrected chi connectivity index (χ2v) is 5.41. The molecule has 2 aromatic rings. The number of aliphatic hydroxyl groups is 1. The third-order valence-electron chi connectivity index (χ3n) is 2.42. The second kappa shape index (κ2) is 7.39. The highest BCUT2D eigenvalue weighted by atomic mass is 32.2. The van der Waals surface area contributed by atoms with Crippen molar-refractivity contribution >= 4 is 24.0 Å². The first-order valence-electron chi connectivity index (χ1n) is 5.96. The third-order valence-corrected chi connectivity index (χ3v) is 3.69. The van der Waals surface area contributed by atoms with E-state index in [-0.39, 0.29) is 25.6 Å². The van der Waals surface area contributed by atoms with E-state index in [1.807, 2.05) is 30.3 Å². The molecule has 0 saturated carbocycles. The fraction of sp³-hybridized carbons (Fsp3) is 0.231. The molecule has 0 bridgehead atoms. The van der Waals surface area contributed by atoms with Crippen molar-refractivity contribution < 1.29 is 9.84 Å². The monoisotopic (exact) mass is 310 g/mol. The molecule has 0 aliphatic carbocycles. The van der Waals surface area contributed by atoms with Crippen LogP contribution in [-0.2, 0) is 11.5 Å². The molecule has 1 aromatic heterocycles. The molecule has 0 atom stereocenters. The second-order valence-electron chi connectivity index (χ2n) is 3.88. The Bertz CT molecular complexity index is 667. The number of aliphatic hydroxyl groups excluding tert-OH is 1. The SMILES string of the molecule is O=c1[nH]c(=S)cc(Sc2ccccc2)n1COCCO. The van der Waals surface area contributed by atoms with Crippen LogP contribution in [-0.4, -0.2) is 27.9 Å². The largest absolute Gasteiger partial charge is 0.394 e. The summed E-state index contributed by atoms with van der Waals surface area (Å²) in [7, 11) is 0. The van der Waals surface area contributed by atoms with E-state index in [9.17, 15) is 4.79 Å². The number of benzene rings is 1. The quantitative estimate of drug-likeness (QED) is 0.485. The van der Waals surface area contributed by atoms with Crippen molar-refractivity contribution in [2.45, 2.75) is 16.7 Å². The Balaban J connectivity index is 2.30. The number of hydrogen-bond donors (Lipinski definition) is 2. The topological polar surface area (TPSA) is 67.2 Å². The van der Waals surface area contributed by atoms with Crippen LogP contribution in [0.4, 0.5) is 0 Å². The summed E-state index contributed by atoms with van der Waals surface area (Å²) in [5, 5.41) is 9.42. The van der Waals surface area contributed by atoms with Crippen molar-refractivity contribution in [1.29, 1.82) is 0 Å². The Morgan fingerprint density at radius 3 is 2.80 bits per heavy atom. The van der Waals surface area contributed by atoms with Crippen LogP contribution < -0.4 is 5.69 Å².